The van der Waals surface area contributed by atoms with E-state index < -0.39 is 0 Å². The topological polar surface area (TPSA) is 36.1 Å². The first-order chi connectivity index (χ1) is 9.72. The number of thiocarbonyl (C=S) groups is 1. The predicted octanol–water partition coefficient (Wildman–Crippen LogP) is 2.95. The molecule has 3 N–H and O–H groups in total. The highest BCUT2D eigenvalue weighted by Gasteiger charge is 2.41. The molecule has 3 nitrogen and oxygen atoms in total. The van der Waals surface area contributed by atoms with Gasteiger partial charge in [-0.1, -0.05) is 6.42 Å². The standard InChI is InChI=1S/C17H31N3S/c1-16(2)9-13(10-17(3,4)20-16)18-15(21)19-14-8-11-5-6-12(14)7-11/h11-14,20H,5-10H2,1-4H3,(H2,18,19,21)/t11-,12-,14+/m0/s1. The van der Waals surface area contributed by atoms with Crippen LogP contribution in [-0.2, 0) is 0 Å². The average molecular weight is 310 g/mol. The Balaban J connectivity index is 1.52. The van der Waals surface area contributed by atoms with Crippen molar-refractivity contribution in [1.82, 2.24) is 16.0 Å². The molecular weight excluding hydrogens is 278 g/mol. The lowest BCUT2D eigenvalue weighted by Crippen LogP contribution is -2.63. The van der Waals surface area contributed by atoms with Gasteiger partial charge in [0.15, 0.2) is 5.11 Å². The van der Waals surface area contributed by atoms with E-state index in [2.05, 4.69) is 43.6 Å². The summed E-state index contributed by atoms with van der Waals surface area (Å²) in [5.41, 5.74) is 0.336. The zero-order chi connectivity index (χ0) is 15.3. The molecule has 3 fully saturated rings. The Labute approximate surface area is 135 Å². The second kappa shape index (κ2) is 5.38. The predicted molar refractivity (Wildman–Crippen MR) is 92.4 cm³/mol. The van der Waals surface area contributed by atoms with Crippen molar-refractivity contribution in [3.63, 3.8) is 0 Å². The molecule has 1 saturated heterocycles. The van der Waals surface area contributed by atoms with Crippen molar-refractivity contribution in [2.75, 3.05) is 0 Å². The van der Waals surface area contributed by atoms with E-state index in [9.17, 15) is 0 Å². The fourth-order valence-electron chi connectivity index (χ4n) is 5.24. The first-order valence-electron chi connectivity index (χ1n) is 8.59. The van der Waals surface area contributed by atoms with E-state index in [4.69, 9.17) is 12.2 Å². The summed E-state index contributed by atoms with van der Waals surface area (Å²) in [6.45, 7) is 9.15. The summed E-state index contributed by atoms with van der Waals surface area (Å²) in [5.74, 6) is 1.84. The van der Waals surface area contributed by atoms with Crippen LogP contribution in [-0.4, -0.2) is 28.3 Å². The Hall–Kier alpha value is -0.350. The van der Waals surface area contributed by atoms with Gasteiger partial charge in [-0.15, -0.1) is 0 Å². The van der Waals surface area contributed by atoms with Crippen molar-refractivity contribution in [3.8, 4) is 0 Å². The fraction of sp³-hybridized carbons (Fsp3) is 0.941. The maximum absolute atomic E-state index is 5.59. The maximum Gasteiger partial charge on any atom is 0.166 e. The van der Waals surface area contributed by atoms with Crippen LogP contribution < -0.4 is 16.0 Å². The number of rotatable bonds is 2. The lowest BCUT2D eigenvalue weighted by molar-refractivity contribution is 0.155. The molecule has 2 bridgehead atoms. The van der Waals surface area contributed by atoms with Gasteiger partial charge in [-0.2, -0.15) is 0 Å². The molecule has 0 unspecified atom stereocenters. The molecule has 1 heterocycles. The van der Waals surface area contributed by atoms with Crippen molar-refractivity contribution in [2.45, 2.75) is 89.4 Å². The Morgan fingerprint density at radius 3 is 2.19 bits per heavy atom. The van der Waals surface area contributed by atoms with Crippen LogP contribution in [0.2, 0.25) is 0 Å². The van der Waals surface area contributed by atoms with Crippen LogP contribution in [0.3, 0.4) is 0 Å². The van der Waals surface area contributed by atoms with Crippen molar-refractivity contribution in [2.24, 2.45) is 11.8 Å². The quantitative estimate of drug-likeness (QED) is 0.686. The molecule has 3 rings (SSSR count). The lowest BCUT2D eigenvalue weighted by atomic mass is 9.80. The minimum Gasteiger partial charge on any atom is -0.360 e. The molecular formula is C17H31N3S. The van der Waals surface area contributed by atoms with Crippen molar-refractivity contribution < 1.29 is 0 Å². The number of fused-ring (bicyclic) bond motifs is 2. The van der Waals surface area contributed by atoms with Gasteiger partial charge in [-0.25, -0.2) is 0 Å². The Bertz CT molecular complexity index is 402. The summed E-state index contributed by atoms with van der Waals surface area (Å²) in [6.07, 6.45) is 7.84. The van der Waals surface area contributed by atoms with Gasteiger partial charge in [-0.05, 0) is 83.9 Å². The number of nitrogens with one attached hydrogen (secondary N) is 3. The molecule has 4 heteroatoms. The van der Waals surface area contributed by atoms with E-state index in [-0.39, 0.29) is 11.1 Å². The second-order valence-electron chi connectivity index (χ2n) is 8.90. The first kappa shape index (κ1) is 15.5. The minimum absolute atomic E-state index is 0.168. The van der Waals surface area contributed by atoms with Crippen LogP contribution in [0.15, 0.2) is 0 Å². The minimum atomic E-state index is 0.168. The van der Waals surface area contributed by atoms with Crippen molar-refractivity contribution in [1.29, 1.82) is 0 Å². The van der Waals surface area contributed by atoms with Crippen LogP contribution in [0.4, 0.5) is 0 Å². The van der Waals surface area contributed by atoms with E-state index in [1.165, 1.54) is 25.7 Å². The van der Waals surface area contributed by atoms with Crippen LogP contribution in [0.25, 0.3) is 0 Å². The SMILES string of the molecule is CC1(C)CC(NC(=S)N[C@@H]2C[C@H]3CC[C@H]2C3)CC(C)(C)N1. The fourth-order valence-corrected chi connectivity index (χ4v) is 5.56. The van der Waals surface area contributed by atoms with Gasteiger partial charge in [0.1, 0.15) is 0 Å². The van der Waals surface area contributed by atoms with Gasteiger partial charge in [0.05, 0.1) is 0 Å². The smallest absolute Gasteiger partial charge is 0.166 e. The third-order valence-corrected chi connectivity index (χ3v) is 5.82. The second-order valence-corrected chi connectivity index (χ2v) is 9.31. The molecule has 0 aromatic rings. The normalized spacial score (nSPS) is 37.4. The molecule has 0 spiro atoms. The molecule has 2 aliphatic carbocycles. The van der Waals surface area contributed by atoms with Gasteiger partial charge >= 0.3 is 0 Å². The molecule has 0 radical (unpaired) electrons. The molecule has 0 amide bonds. The van der Waals surface area contributed by atoms with Gasteiger partial charge < -0.3 is 16.0 Å². The van der Waals surface area contributed by atoms with Crippen LogP contribution in [0.5, 0.6) is 0 Å². The van der Waals surface area contributed by atoms with Crippen molar-refractivity contribution >= 4 is 17.3 Å². The third-order valence-electron chi connectivity index (χ3n) is 5.58. The largest absolute Gasteiger partial charge is 0.360 e. The Kier molecular flexibility index (Phi) is 3.98. The third kappa shape index (κ3) is 3.70. The molecule has 0 aromatic carbocycles. The van der Waals surface area contributed by atoms with Gasteiger partial charge in [0.25, 0.3) is 0 Å². The summed E-state index contributed by atoms with van der Waals surface area (Å²) in [5, 5.41) is 11.8. The highest BCUT2D eigenvalue weighted by atomic mass is 32.1. The molecule has 3 aliphatic rings. The monoisotopic (exact) mass is 309 g/mol. The Morgan fingerprint density at radius 1 is 1.00 bits per heavy atom. The molecule has 0 aromatic heterocycles. The molecule has 3 atom stereocenters. The summed E-state index contributed by atoms with van der Waals surface area (Å²) in [4.78, 5) is 0. The van der Waals surface area contributed by atoms with Crippen LogP contribution in [0, 0.1) is 11.8 Å². The highest BCUT2D eigenvalue weighted by Crippen LogP contribution is 2.44. The van der Waals surface area contributed by atoms with E-state index >= 15 is 0 Å². The molecule has 120 valence electrons. The van der Waals surface area contributed by atoms with E-state index in [1.54, 1.807) is 0 Å². The molecule has 1 aliphatic heterocycles. The Morgan fingerprint density at radius 2 is 1.67 bits per heavy atom. The van der Waals surface area contributed by atoms with E-state index in [0.29, 0.717) is 12.1 Å². The number of hydrogen-bond acceptors (Lipinski definition) is 2. The number of hydrogen-bond donors (Lipinski definition) is 3. The van der Waals surface area contributed by atoms with Crippen molar-refractivity contribution in [3.05, 3.63) is 0 Å². The van der Waals surface area contributed by atoms with Gasteiger partial charge in [0.2, 0.25) is 0 Å². The maximum atomic E-state index is 5.59. The number of piperidine rings is 1. The molecule has 2 saturated carbocycles. The molecule has 21 heavy (non-hydrogen) atoms. The summed E-state index contributed by atoms with van der Waals surface area (Å²) < 4.78 is 0. The van der Waals surface area contributed by atoms with Gasteiger partial charge in [-0.3, -0.25) is 0 Å². The van der Waals surface area contributed by atoms with Crippen LogP contribution in [0.1, 0.15) is 66.2 Å². The summed E-state index contributed by atoms with van der Waals surface area (Å²) >= 11 is 5.59. The van der Waals surface area contributed by atoms with Crippen LogP contribution >= 0.6 is 12.2 Å². The first-order valence-corrected chi connectivity index (χ1v) is 9.00. The summed E-state index contributed by atoms with van der Waals surface area (Å²) in [6, 6.07) is 1.10. The van der Waals surface area contributed by atoms with Gasteiger partial charge in [0, 0.05) is 23.2 Å². The zero-order valence-corrected chi connectivity index (χ0v) is 14.8. The highest BCUT2D eigenvalue weighted by molar-refractivity contribution is 7.80. The zero-order valence-electron chi connectivity index (χ0n) is 14.0. The van der Waals surface area contributed by atoms with E-state index in [0.717, 1.165) is 29.8 Å². The van der Waals surface area contributed by atoms with E-state index in [1.807, 2.05) is 0 Å². The average Bonchev–Trinajstić information content (AvgIpc) is 2.85. The lowest BCUT2D eigenvalue weighted by Gasteiger charge is -2.47. The summed E-state index contributed by atoms with van der Waals surface area (Å²) in [7, 11) is 0.